The summed E-state index contributed by atoms with van der Waals surface area (Å²) in [5, 5.41) is 3.52. The molecule has 0 radical (unpaired) electrons. The highest BCUT2D eigenvalue weighted by Crippen LogP contribution is 2.22. The summed E-state index contributed by atoms with van der Waals surface area (Å²) in [6.45, 7) is 2.71. The molecular formula is C18H22ClN2O3+. The highest BCUT2D eigenvalue weighted by molar-refractivity contribution is 6.31. The smallest absolute Gasteiger partial charge is 0.255 e. The van der Waals surface area contributed by atoms with Crippen molar-refractivity contribution in [2.45, 2.75) is 18.9 Å². The molecule has 2 heterocycles. The summed E-state index contributed by atoms with van der Waals surface area (Å²) in [7, 11) is 1.54. The SMILES string of the molecule is COc1ccc(Cl)cc1C(=O)NC[C@H](c1ccco1)[NH+]1CCCC1. The first-order valence-corrected chi connectivity index (χ1v) is 8.56. The van der Waals surface area contributed by atoms with Crippen LogP contribution in [0.15, 0.2) is 41.0 Å². The Balaban J connectivity index is 1.72. The molecule has 1 saturated heterocycles. The summed E-state index contributed by atoms with van der Waals surface area (Å²) >= 11 is 6.01. The van der Waals surface area contributed by atoms with Gasteiger partial charge in [-0.3, -0.25) is 4.79 Å². The predicted octanol–water partition coefficient (Wildman–Crippen LogP) is 2.09. The first-order chi connectivity index (χ1) is 11.7. The van der Waals surface area contributed by atoms with Crippen LogP contribution in [0.4, 0.5) is 0 Å². The molecule has 0 spiro atoms. The topological polar surface area (TPSA) is 55.9 Å². The summed E-state index contributed by atoms with van der Waals surface area (Å²) in [5.41, 5.74) is 0.444. The average Bonchev–Trinajstić information content (AvgIpc) is 3.29. The molecule has 6 heteroatoms. The minimum absolute atomic E-state index is 0.122. The summed E-state index contributed by atoms with van der Waals surface area (Å²) in [4.78, 5) is 14.0. The number of methoxy groups -OCH3 is 1. The quantitative estimate of drug-likeness (QED) is 0.839. The molecule has 128 valence electrons. The van der Waals surface area contributed by atoms with E-state index >= 15 is 0 Å². The lowest BCUT2D eigenvalue weighted by atomic mass is 10.1. The number of rotatable bonds is 6. The van der Waals surface area contributed by atoms with Crippen molar-refractivity contribution >= 4 is 17.5 Å². The van der Waals surface area contributed by atoms with Crippen LogP contribution < -0.4 is 15.0 Å². The van der Waals surface area contributed by atoms with Gasteiger partial charge < -0.3 is 19.4 Å². The second kappa shape index (κ2) is 7.73. The Morgan fingerprint density at radius 3 is 2.83 bits per heavy atom. The van der Waals surface area contributed by atoms with Crippen LogP contribution in [0.3, 0.4) is 0 Å². The summed E-state index contributed by atoms with van der Waals surface area (Å²) in [6.07, 6.45) is 4.10. The molecule has 1 aromatic heterocycles. The van der Waals surface area contributed by atoms with E-state index in [2.05, 4.69) is 5.32 Å². The Hall–Kier alpha value is -1.98. The maximum Gasteiger partial charge on any atom is 0.255 e. The molecule has 1 fully saturated rings. The molecule has 1 aliphatic rings. The minimum atomic E-state index is -0.190. The number of nitrogens with one attached hydrogen (secondary N) is 2. The Morgan fingerprint density at radius 1 is 1.38 bits per heavy atom. The van der Waals surface area contributed by atoms with Gasteiger partial charge in [-0.25, -0.2) is 0 Å². The van der Waals surface area contributed by atoms with E-state index < -0.39 is 0 Å². The van der Waals surface area contributed by atoms with Crippen LogP contribution in [0.1, 0.15) is 35.0 Å². The van der Waals surface area contributed by atoms with E-state index in [0.717, 1.165) is 18.8 Å². The number of amides is 1. The van der Waals surface area contributed by atoms with Crippen molar-refractivity contribution in [1.82, 2.24) is 5.32 Å². The monoisotopic (exact) mass is 349 g/mol. The molecule has 0 aliphatic carbocycles. The molecule has 0 saturated carbocycles. The molecule has 0 unspecified atom stereocenters. The van der Waals surface area contributed by atoms with Crippen molar-refractivity contribution in [2.75, 3.05) is 26.7 Å². The second-order valence-corrected chi connectivity index (χ2v) is 6.42. The molecule has 2 N–H and O–H groups in total. The highest BCUT2D eigenvalue weighted by Gasteiger charge is 2.30. The molecule has 1 amide bonds. The third-order valence-corrected chi connectivity index (χ3v) is 4.73. The zero-order valence-electron chi connectivity index (χ0n) is 13.7. The van der Waals surface area contributed by atoms with Crippen LogP contribution in [-0.2, 0) is 0 Å². The zero-order chi connectivity index (χ0) is 16.9. The molecule has 1 aliphatic heterocycles. The van der Waals surface area contributed by atoms with Crippen LogP contribution in [0.25, 0.3) is 0 Å². The maximum absolute atomic E-state index is 12.6. The highest BCUT2D eigenvalue weighted by atomic mass is 35.5. The Morgan fingerprint density at radius 2 is 2.17 bits per heavy atom. The van der Waals surface area contributed by atoms with Crippen molar-refractivity contribution in [2.24, 2.45) is 0 Å². The van der Waals surface area contributed by atoms with Crippen molar-refractivity contribution in [3.05, 3.63) is 52.9 Å². The number of quaternary nitrogens is 1. The third-order valence-electron chi connectivity index (χ3n) is 4.50. The first kappa shape index (κ1) is 16.9. The first-order valence-electron chi connectivity index (χ1n) is 8.18. The number of hydrogen-bond donors (Lipinski definition) is 2. The normalized spacial score (nSPS) is 16.1. The molecule has 3 rings (SSSR count). The van der Waals surface area contributed by atoms with E-state index in [1.54, 1.807) is 31.6 Å². The number of ether oxygens (including phenoxy) is 1. The lowest BCUT2D eigenvalue weighted by Crippen LogP contribution is -3.11. The van der Waals surface area contributed by atoms with E-state index in [4.69, 9.17) is 20.8 Å². The van der Waals surface area contributed by atoms with Gasteiger partial charge in [-0.1, -0.05) is 11.6 Å². The lowest BCUT2D eigenvalue weighted by molar-refractivity contribution is -0.919. The van der Waals surface area contributed by atoms with Crippen LogP contribution in [0, 0.1) is 0 Å². The number of halogens is 1. The van der Waals surface area contributed by atoms with E-state index in [0.29, 0.717) is 22.9 Å². The Labute approximate surface area is 146 Å². The van der Waals surface area contributed by atoms with Gasteiger partial charge in [0.1, 0.15) is 5.75 Å². The van der Waals surface area contributed by atoms with E-state index in [9.17, 15) is 4.79 Å². The van der Waals surface area contributed by atoms with Crippen LogP contribution in [0.5, 0.6) is 5.75 Å². The fraction of sp³-hybridized carbons (Fsp3) is 0.389. The van der Waals surface area contributed by atoms with E-state index in [1.165, 1.54) is 17.7 Å². The molecule has 24 heavy (non-hydrogen) atoms. The van der Waals surface area contributed by atoms with Gasteiger partial charge in [0.25, 0.3) is 5.91 Å². The molecule has 0 bridgehead atoms. The summed E-state index contributed by atoms with van der Waals surface area (Å²) in [6, 6.07) is 9.02. The number of carbonyl (C=O) groups excluding carboxylic acids is 1. The lowest BCUT2D eigenvalue weighted by Gasteiger charge is -2.23. The standard InChI is InChI=1S/C18H21ClN2O3/c1-23-16-7-6-13(19)11-14(16)18(22)20-12-15(17-5-4-10-24-17)21-8-2-3-9-21/h4-7,10-11,15H,2-3,8-9,12H2,1H3,(H,20,22)/p+1/t15-/m1/s1. The molecular weight excluding hydrogens is 328 g/mol. The van der Waals surface area contributed by atoms with Gasteiger partial charge in [-0.15, -0.1) is 0 Å². The Bertz CT molecular complexity index is 682. The molecule has 2 aromatic rings. The number of likely N-dealkylation sites (tertiary alicyclic amines) is 1. The van der Waals surface area contributed by atoms with Gasteiger partial charge in [0.05, 0.1) is 38.6 Å². The molecule has 1 atom stereocenters. The zero-order valence-corrected chi connectivity index (χ0v) is 14.4. The van der Waals surface area contributed by atoms with Crippen molar-refractivity contribution in [1.29, 1.82) is 0 Å². The summed E-state index contributed by atoms with van der Waals surface area (Å²) in [5.74, 6) is 1.23. The Kier molecular flexibility index (Phi) is 5.43. The maximum atomic E-state index is 12.6. The number of benzene rings is 1. The number of furan rings is 1. The fourth-order valence-corrected chi connectivity index (χ4v) is 3.43. The van der Waals surface area contributed by atoms with Crippen molar-refractivity contribution < 1.29 is 18.8 Å². The van der Waals surface area contributed by atoms with Gasteiger partial charge in [-0.05, 0) is 30.3 Å². The molecule has 5 nitrogen and oxygen atoms in total. The van der Waals surface area contributed by atoms with E-state index in [-0.39, 0.29) is 11.9 Å². The van der Waals surface area contributed by atoms with Gasteiger partial charge in [0.15, 0.2) is 11.8 Å². The average molecular weight is 350 g/mol. The fourth-order valence-electron chi connectivity index (χ4n) is 3.26. The largest absolute Gasteiger partial charge is 0.496 e. The van der Waals surface area contributed by atoms with Crippen LogP contribution in [-0.4, -0.2) is 32.7 Å². The van der Waals surface area contributed by atoms with Gasteiger partial charge in [0, 0.05) is 17.9 Å². The van der Waals surface area contributed by atoms with Crippen molar-refractivity contribution in [3.8, 4) is 5.75 Å². The minimum Gasteiger partial charge on any atom is -0.496 e. The van der Waals surface area contributed by atoms with Gasteiger partial charge >= 0.3 is 0 Å². The molecule has 1 aromatic carbocycles. The third kappa shape index (κ3) is 3.74. The van der Waals surface area contributed by atoms with Crippen molar-refractivity contribution in [3.63, 3.8) is 0 Å². The number of carbonyl (C=O) groups is 1. The predicted molar refractivity (Wildman–Crippen MR) is 91.7 cm³/mol. The second-order valence-electron chi connectivity index (χ2n) is 5.99. The van der Waals surface area contributed by atoms with Crippen LogP contribution >= 0.6 is 11.6 Å². The summed E-state index contributed by atoms with van der Waals surface area (Å²) < 4.78 is 10.8. The number of hydrogen-bond acceptors (Lipinski definition) is 3. The van der Waals surface area contributed by atoms with E-state index in [1.807, 2.05) is 12.1 Å². The van der Waals surface area contributed by atoms with Gasteiger partial charge in [-0.2, -0.15) is 0 Å². The van der Waals surface area contributed by atoms with Gasteiger partial charge in [0.2, 0.25) is 0 Å². The van der Waals surface area contributed by atoms with Crippen LogP contribution in [0.2, 0.25) is 5.02 Å².